The molecule has 22 heavy (non-hydrogen) atoms. The molecule has 1 saturated heterocycles. The Balaban J connectivity index is 2.04. The fraction of sp³-hybridized carbons (Fsp3) is 0.467. The molecule has 0 spiro atoms. The van der Waals surface area contributed by atoms with Crippen LogP contribution < -0.4 is 5.73 Å². The molecular weight excluding hydrogens is 308 g/mol. The van der Waals surface area contributed by atoms with Crippen molar-refractivity contribution in [3.8, 4) is 0 Å². The van der Waals surface area contributed by atoms with Crippen LogP contribution in [-0.4, -0.2) is 55.7 Å². The molecule has 1 aliphatic heterocycles. The van der Waals surface area contributed by atoms with Crippen LogP contribution in [0.5, 0.6) is 0 Å². The van der Waals surface area contributed by atoms with E-state index in [0.29, 0.717) is 24.6 Å². The SMILES string of the molecule is COC(=O)[C@@H]1COCCN1C(=O)C(N)Cc1ccc(Cl)cc1. The van der Waals surface area contributed by atoms with E-state index in [1.54, 1.807) is 12.1 Å². The molecule has 1 amide bonds. The maximum absolute atomic E-state index is 12.5. The number of carbonyl (C=O) groups is 2. The zero-order valence-corrected chi connectivity index (χ0v) is 13.1. The maximum atomic E-state index is 12.5. The third-order valence-electron chi connectivity index (χ3n) is 3.57. The number of ether oxygens (including phenoxy) is 2. The molecule has 2 rings (SSSR count). The van der Waals surface area contributed by atoms with Gasteiger partial charge >= 0.3 is 5.97 Å². The van der Waals surface area contributed by atoms with Crippen molar-refractivity contribution in [1.82, 2.24) is 4.90 Å². The van der Waals surface area contributed by atoms with Crippen molar-refractivity contribution in [3.05, 3.63) is 34.9 Å². The number of morpholine rings is 1. The van der Waals surface area contributed by atoms with Crippen molar-refractivity contribution < 1.29 is 19.1 Å². The molecule has 1 aliphatic rings. The first kappa shape index (κ1) is 16.7. The first-order valence-corrected chi connectivity index (χ1v) is 7.37. The van der Waals surface area contributed by atoms with Crippen LogP contribution in [0.15, 0.2) is 24.3 Å². The van der Waals surface area contributed by atoms with Gasteiger partial charge in [-0.05, 0) is 24.1 Å². The van der Waals surface area contributed by atoms with Crippen LogP contribution in [0.3, 0.4) is 0 Å². The molecule has 1 heterocycles. The number of esters is 1. The number of nitrogens with zero attached hydrogens (tertiary/aromatic N) is 1. The highest BCUT2D eigenvalue weighted by molar-refractivity contribution is 6.30. The summed E-state index contributed by atoms with van der Waals surface area (Å²) in [4.78, 5) is 25.7. The lowest BCUT2D eigenvalue weighted by molar-refractivity contribution is -0.161. The Kier molecular flexibility index (Phi) is 5.76. The summed E-state index contributed by atoms with van der Waals surface area (Å²) >= 11 is 5.83. The Labute approximate surface area is 134 Å². The van der Waals surface area contributed by atoms with Gasteiger partial charge in [-0.2, -0.15) is 0 Å². The molecule has 0 aromatic heterocycles. The highest BCUT2D eigenvalue weighted by Gasteiger charge is 2.35. The predicted molar refractivity (Wildman–Crippen MR) is 81.5 cm³/mol. The second kappa shape index (κ2) is 7.58. The van der Waals surface area contributed by atoms with Crippen LogP contribution in [0.1, 0.15) is 5.56 Å². The van der Waals surface area contributed by atoms with Crippen LogP contribution in [0.25, 0.3) is 0 Å². The molecule has 7 heteroatoms. The van der Waals surface area contributed by atoms with E-state index in [2.05, 4.69) is 0 Å². The number of halogens is 1. The minimum atomic E-state index is -0.734. The molecule has 0 bridgehead atoms. The summed E-state index contributed by atoms with van der Waals surface area (Å²) in [6.07, 6.45) is 0.376. The summed E-state index contributed by atoms with van der Waals surface area (Å²) in [5.74, 6) is -0.777. The number of benzene rings is 1. The Morgan fingerprint density at radius 2 is 2.14 bits per heavy atom. The van der Waals surface area contributed by atoms with E-state index >= 15 is 0 Å². The smallest absolute Gasteiger partial charge is 0.331 e. The second-order valence-corrected chi connectivity index (χ2v) is 5.52. The number of amides is 1. The first-order chi connectivity index (χ1) is 10.5. The standard InChI is InChI=1S/C15H19ClN2O4/c1-21-15(20)13-9-22-7-6-18(13)14(19)12(17)8-10-2-4-11(16)5-3-10/h2-5,12-13H,6-9,17H2,1H3/t12?,13-/m0/s1. The average Bonchev–Trinajstić information content (AvgIpc) is 2.55. The fourth-order valence-corrected chi connectivity index (χ4v) is 2.50. The number of hydrogen-bond donors (Lipinski definition) is 1. The van der Waals surface area contributed by atoms with Gasteiger partial charge in [0.1, 0.15) is 0 Å². The molecule has 0 aliphatic carbocycles. The lowest BCUT2D eigenvalue weighted by Gasteiger charge is -2.35. The van der Waals surface area contributed by atoms with E-state index in [4.69, 9.17) is 26.8 Å². The third kappa shape index (κ3) is 3.97. The molecule has 0 saturated carbocycles. The molecule has 1 aromatic carbocycles. The summed E-state index contributed by atoms with van der Waals surface area (Å²) in [5, 5.41) is 0.627. The lowest BCUT2D eigenvalue weighted by atomic mass is 10.0. The van der Waals surface area contributed by atoms with Crippen LogP contribution in [0.4, 0.5) is 0 Å². The number of nitrogens with two attached hydrogens (primary N) is 1. The van der Waals surface area contributed by atoms with Gasteiger partial charge in [0.05, 0.1) is 26.4 Å². The molecule has 1 fully saturated rings. The van der Waals surface area contributed by atoms with E-state index in [1.807, 2.05) is 12.1 Å². The highest BCUT2D eigenvalue weighted by Crippen LogP contribution is 2.14. The second-order valence-electron chi connectivity index (χ2n) is 5.08. The first-order valence-electron chi connectivity index (χ1n) is 6.99. The van der Waals surface area contributed by atoms with Crippen molar-refractivity contribution in [2.75, 3.05) is 26.9 Å². The molecule has 1 unspecified atom stereocenters. The summed E-state index contributed by atoms with van der Waals surface area (Å²) in [5.41, 5.74) is 6.92. The molecule has 0 radical (unpaired) electrons. The molecular formula is C15H19ClN2O4. The van der Waals surface area contributed by atoms with Gasteiger partial charge in [-0.15, -0.1) is 0 Å². The summed E-state index contributed by atoms with van der Waals surface area (Å²) in [6.45, 7) is 0.839. The largest absolute Gasteiger partial charge is 0.467 e. The zero-order valence-electron chi connectivity index (χ0n) is 12.3. The summed E-state index contributed by atoms with van der Waals surface area (Å²) < 4.78 is 9.96. The van der Waals surface area contributed by atoms with Crippen molar-refractivity contribution in [3.63, 3.8) is 0 Å². The monoisotopic (exact) mass is 326 g/mol. The minimum Gasteiger partial charge on any atom is -0.467 e. The third-order valence-corrected chi connectivity index (χ3v) is 3.82. The van der Waals surface area contributed by atoms with E-state index in [1.165, 1.54) is 12.0 Å². The van der Waals surface area contributed by atoms with E-state index in [9.17, 15) is 9.59 Å². The van der Waals surface area contributed by atoms with Gasteiger partial charge < -0.3 is 20.1 Å². The molecule has 2 N–H and O–H groups in total. The average molecular weight is 327 g/mol. The van der Waals surface area contributed by atoms with Crippen LogP contribution in [-0.2, 0) is 25.5 Å². The van der Waals surface area contributed by atoms with Gasteiger partial charge in [-0.1, -0.05) is 23.7 Å². The molecule has 120 valence electrons. The van der Waals surface area contributed by atoms with Crippen molar-refractivity contribution in [1.29, 1.82) is 0 Å². The van der Waals surface area contributed by atoms with Crippen LogP contribution >= 0.6 is 11.6 Å². The zero-order chi connectivity index (χ0) is 16.1. The molecule has 1 aromatic rings. The van der Waals surface area contributed by atoms with Crippen LogP contribution in [0, 0.1) is 0 Å². The predicted octanol–water partition coefficient (Wildman–Crippen LogP) is 0.610. The van der Waals surface area contributed by atoms with Gasteiger partial charge in [0.2, 0.25) is 5.91 Å². The number of hydrogen-bond acceptors (Lipinski definition) is 5. The van der Waals surface area contributed by atoms with Gasteiger partial charge in [0.25, 0.3) is 0 Å². The van der Waals surface area contributed by atoms with Crippen LogP contribution in [0.2, 0.25) is 5.02 Å². The Bertz CT molecular complexity index is 535. The normalized spacial score (nSPS) is 19.6. The minimum absolute atomic E-state index is 0.131. The van der Waals surface area contributed by atoms with Gasteiger partial charge in [-0.3, -0.25) is 4.79 Å². The van der Waals surface area contributed by atoms with E-state index < -0.39 is 18.1 Å². The Hall–Kier alpha value is -1.63. The summed E-state index contributed by atoms with van der Waals surface area (Å²) in [6, 6.07) is 5.69. The number of carbonyl (C=O) groups excluding carboxylic acids is 2. The number of methoxy groups -OCH3 is 1. The topological polar surface area (TPSA) is 81.9 Å². The molecule has 2 atom stereocenters. The Morgan fingerprint density at radius 1 is 1.45 bits per heavy atom. The Morgan fingerprint density at radius 3 is 2.77 bits per heavy atom. The van der Waals surface area contributed by atoms with Crippen molar-refractivity contribution in [2.24, 2.45) is 5.73 Å². The highest BCUT2D eigenvalue weighted by atomic mass is 35.5. The van der Waals surface area contributed by atoms with Crippen molar-refractivity contribution >= 4 is 23.5 Å². The van der Waals surface area contributed by atoms with E-state index in [0.717, 1.165) is 5.56 Å². The summed E-state index contributed by atoms with van der Waals surface area (Å²) in [7, 11) is 1.28. The van der Waals surface area contributed by atoms with Gasteiger partial charge in [-0.25, -0.2) is 4.79 Å². The quantitative estimate of drug-likeness (QED) is 0.820. The molecule has 6 nitrogen and oxygen atoms in total. The lowest BCUT2D eigenvalue weighted by Crippen LogP contribution is -2.57. The van der Waals surface area contributed by atoms with Gasteiger partial charge in [0, 0.05) is 11.6 Å². The van der Waals surface area contributed by atoms with Gasteiger partial charge in [0.15, 0.2) is 6.04 Å². The maximum Gasteiger partial charge on any atom is 0.331 e. The van der Waals surface area contributed by atoms with Crippen molar-refractivity contribution in [2.45, 2.75) is 18.5 Å². The van der Waals surface area contributed by atoms with E-state index in [-0.39, 0.29) is 12.5 Å². The fourth-order valence-electron chi connectivity index (χ4n) is 2.37. The number of rotatable bonds is 4.